The van der Waals surface area contributed by atoms with Gasteiger partial charge in [-0.2, -0.15) is 4.98 Å². The van der Waals surface area contributed by atoms with Crippen LogP contribution in [-0.2, 0) is 97.5 Å². The first-order valence-electron chi connectivity index (χ1n) is 32.0. The number of imide groups is 1. The Morgan fingerprint density at radius 2 is 1.51 bits per heavy atom. The normalized spacial score (nSPS) is 22.9. The van der Waals surface area contributed by atoms with Gasteiger partial charge in [0.2, 0.25) is 29.5 Å². The molecule has 7 amide bonds. The molecule has 3 aliphatic heterocycles. The van der Waals surface area contributed by atoms with Gasteiger partial charge < -0.3 is 68.4 Å². The summed E-state index contributed by atoms with van der Waals surface area (Å²) >= 11 is 4.20. The number of aromatic nitrogens is 6. The lowest BCUT2D eigenvalue weighted by Crippen LogP contribution is -2.53. The summed E-state index contributed by atoms with van der Waals surface area (Å²) < 4.78 is 96.4. The van der Waals surface area contributed by atoms with Gasteiger partial charge in [0.25, 0.3) is 23.3 Å². The molecule has 5 aromatic rings. The molecular weight excluding hydrogens is 1370 g/mol. The van der Waals surface area contributed by atoms with Gasteiger partial charge >= 0.3 is 21.1 Å². The number of fused-ring (bicyclic) bond motifs is 4. The Bertz CT molecular complexity index is 3780. The lowest BCUT2D eigenvalue weighted by atomic mass is 10.0. The molecule has 3 fully saturated rings. The number of H-pyrrole nitrogens is 1. The maximum Gasteiger partial charge on any atom is 0.410 e. The Hall–Kier alpha value is -7.93. The predicted octanol–water partition coefficient (Wildman–Crippen LogP) is 3.27. The van der Waals surface area contributed by atoms with Crippen LogP contribution in [0.3, 0.4) is 0 Å². The molecule has 3 aromatic heterocycles. The average molecular weight is 1460 g/mol. The molecular formula is C62H80N12O23P2S. The van der Waals surface area contributed by atoms with Gasteiger partial charge in [-0.05, 0) is 48.6 Å². The van der Waals surface area contributed by atoms with Crippen LogP contribution in [0.15, 0.2) is 90.4 Å². The Kier molecular flexibility index (Phi) is 28.3. The molecule has 35 nitrogen and oxygen atoms in total. The molecule has 0 radical (unpaired) electrons. The van der Waals surface area contributed by atoms with Crippen molar-refractivity contribution >= 4 is 91.6 Å². The molecule has 542 valence electrons. The van der Waals surface area contributed by atoms with Crippen LogP contribution in [0.25, 0.3) is 11.2 Å². The lowest BCUT2D eigenvalue weighted by Gasteiger charge is -2.24. The first-order chi connectivity index (χ1) is 48.1. The van der Waals surface area contributed by atoms with Crippen LogP contribution in [0.4, 0.5) is 16.4 Å². The first kappa shape index (κ1) is 76.3. The molecule has 6 N–H and O–H groups in total. The maximum absolute atomic E-state index is 14.0. The van der Waals surface area contributed by atoms with Crippen molar-refractivity contribution in [3.63, 3.8) is 0 Å². The van der Waals surface area contributed by atoms with Gasteiger partial charge in [0.05, 0.1) is 98.3 Å². The number of imidazole rings is 1. The highest BCUT2D eigenvalue weighted by Gasteiger charge is 2.49. The monoisotopic (exact) mass is 1450 g/mol. The van der Waals surface area contributed by atoms with Gasteiger partial charge in [0.1, 0.15) is 49.4 Å². The molecule has 2 bridgehead atoms. The number of carbonyl (C=O) groups excluding carboxylic acids is 7. The van der Waals surface area contributed by atoms with Gasteiger partial charge in [0, 0.05) is 68.0 Å². The fourth-order valence-corrected chi connectivity index (χ4v) is 13.1. The summed E-state index contributed by atoms with van der Waals surface area (Å²) in [5.41, 5.74) is 0.268. The van der Waals surface area contributed by atoms with Gasteiger partial charge in [0.15, 0.2) is 17.4 Å². The number of aliphatic hydroxyl groups excluding tert-OH is 1. The number of anilines is 2. The number of carbonyl (C=O) groups is 7. The Labute approximate surface area is 578 Å². The third-order valence-corrected chi connectivity index (χ3v) is 18.4. The summed E-state index contributed by atoms with van der Waals surface area (Å²) in [4.78, 5) is 125. The minimum atomic E-state index is -4.15. The number of rotatable bonds is 33. The van der Waals surface area contributed by atoms with Crippen LogP contribution in [-0.4, -0.2) is 221 Å². The number of nitrogens with zero attached hydrogens (tertiary/aromatic N) is 7. The third kappa shape index (κ3) is 22.0. The topological polar surface area (TPSA) is 429 Å². The van der Waals surface area contributed by atoms with Gasteiger partial charge in [-0.3, -0.25) is 71.5 Å². The van der Waals surface area contributed by atoms with Crippen LogP contribution in [0, 0.1) is 11.8 Å². The van der Waals surface area contributed by atoms with E-state index in [1.807, 2.05) is 0 Å². The fourth-order valence-electron chi connectivity index (χ4n) is 10.7. The van der Waals surface area contributed by atoms with Crippen molar-refractivity contribution in [2.45, 2.75) is 102 Å². The van der Waals surface area contributed by atoms with Crippen molar-refractivity contribution in [1.82, 2.24) is 49.9 Å². The van der Waals surface area contributed by atoms with E-state index in [2.05, 4.69) is 58.4 Å². The number of hydrogen-bond donors (Lipinski definition) is 7. The van der Waals surface area contributed by atoms with Crippen molar-refractivity contribution in [2.24, 2.45) is 11.8 Å². The van der Waals surface area contributed by atoms with Crippen LogP contribution < -0.4 is 31.6 Å². The number of thiol groups is 1. The van der Waals surface area contributed by atoms with E-state index >= 15 is 0 Å². The minimum Gasteiger partial charge on any atom is -0.474 e. The molecule has 6 heterocycles. The third-order valence-electron chi connectivity index (χ3n) is 15.9. The molecule has 2 unspecified atom stereocenters. The van der Waals surface area contributed by atoms with Gasteiger partial charge in [-0.15, -0.1) is 0 Å². The summed E-state index contributed by atoms with van der Waals surface area (Å²) in [6.45, 7) is 2.77. The summed E-state index contributed by atoms with van der Waals surface area (Å²) in [5.74, 6) is -3.83. The zero-order chi connectivity index (χ0) is 71.3. The van der Waals surface area contributed by atoms with E-state index in [4.69, 9.17) is 56.0 Å². The van der Waals surface area contributed by atoms with E-state index in [9.17, 15) is 52.6 Å². The Morgan fingerprint density at radius 3 is 2.19 bits per heavy atom. The maximum atomic E-state index is 14.0. The molecule has 1 saturated carbocycles. The number of hydrogen-bond acceptors (Lipinski definition) is 27. The molecule has 100 heavy (non-hydrogen) atoms. The van der Waals surface area contributed by atoms with Crippen molar-refractivity contribution in [1.29, 1.82) is 0 Å². The fraction of sp³-hybridized carbons (Fsp3) is 0.516. The smallest absolute Gasteiger partial charge is 0.410 e. The van der Waals surface area contributed by atoms with E-state index in [1.165, 1.54) is 60.5 Å². The molecule has 9 rings (SSSR count). The minimum absolute atomic E-state index is 0.0231. The van der Waals surface area contributed by atoms with E-state index < -0.39 is 112 Å². The molecule has 0 spiro atoms. The predicted molar refractivity (Wildman–Crippen MR) is 355 cm³/mol. The zero-order valence-electron chi connectivity index (χ0n) is 55.0. The average Bonchev–Trinajstić information content (AvgIpc) is 1.60. The number of nitrogens with one attached hydrogen (secondary N) is 5. The highest BCUT2D eigenvalue weighted by Crippen LogP contribution is 2.57. The van der Waals surface area contributed by atoms with Crippen molar-refractivity contribution in [2.75, 3.05) is 104 Å². The van der Waals surface area contributed by atoms with E-state index in [1.54, 1.807) is 62.4 Å². The SMILES string of the molecule is CC(C)C(NC(=O)CCOCCOCCOCCOCCOCCN1C(=O)C=CC1=O)C(=O)N[C@@H](C)C(=O)Nc1ccc(COC(=O)N(C)Cc2ccccc2C(=O)Nc2nc3c(ncn3[C@@H]3O[C@@H]4CO[P@@](=O)(S)O[C@H]5C[C@H](Oc6ccncn6)C[C@@H]5CO[PH](=O)O[C@@H]3[C@@H]4O)c(=O)[nH]2)cc1. The van der Waals surface area contributed by atoms with Crippen molar-refractivity contribution < 1.29 is 104 Å². The number of aromatic amines is 1. The largest absolute Gasteiger partial charge is 0.474 e. The summed E-state index contributed by atoms with van der Waals surface area (Å²) in [5, 5.41) is 22.2. The number of ether oxygens (including phenoxy) is 8. The summed E-state index contributed by atoms with van der Waals surface area (Å²) in [7, 11) is -1.96. The Balaban J connectivity index is 0.673. The lowest BCUT2D eigenvalue weighted by molar-refractivity contribution is -0.137. The molecule has 38 heteroatoms. The van der Waals surface area contributed by atoms with Crippen molar-refractivity contribution in [3.05, 3.63) is 113 Å². The summed E-state index contributed by atoms with van der Waals surface area (Å²) in [6, 6.07) is 12.4. The van der Waals surface area contributed by atoms with Gasteiger partial charge in [-0.25, -0.2) is 24.3 Å². The zero-order valence-corrected chi connectivity index (χ0v) is 57.8. The standard InChI is InChI=1S/C62H80N12O23P2S/c1-37(2)51(68-47(75)16-19-86-21-23-88-25-27-90-28-26-89-24-22-87-20-18-73-49(76)13-14-50(73)77)58(81)66-38(3)56(79)67-42-11-9-39(10-12-42)32-91-62(83)72(4)31-40-7-5-6-8-44(40)57(80)70-61-69-55-52(59(82)71-61)65-36-74(55)60-54-53(78)46(95-60)34-93-99(85,100)97-45-30-43(94-48-15-17-63-35-64-48)29-41(45)33-92-98(84)96-54/h5-15,17,35-38,41,43,45-46,51,53-54,60,78,98H,16,18-34H2,1-4H3,(H,66,81)(H,67,79)(H,68,75)(H,85,100)(H2,69,70,71,80,82)/t38-,41+,43+,45-,46+,51?,53+,54+,60+,99+/m0/s1. The second kappa shape index (κ2) is 37.1. The van der Waals surface area contributed by atoms with Gasteiger partial charge in [-0.1, -0.05) is 56.4 Å². The molecule has 11 atom stereocenters. The first-order valence-corrected chi connectivity index (χ1v) is 35.9. The number of benzene rings is 2. The van der Waals surface area contributed by atoms with Crippen LogP contribution in [0.5, 0.6) is 5.88 Å². The van der Waals surface area contributed by atoms with E-state index in [0.29, 0.717) is 68.8 Å². The van der Waals surface area contributed by atoms with Crippen LogP contribution in [0.2, 0.25) is 0 Å². The van der Waals surface area contributed by atoms with E-state index in [0.717, 1.165) is 4.90 Å². The second-order valence-electron chi connectivity index (χ2n) is 23.6. The van der Waals surface area contributed by atoms with Crippen molar-refractivity contribution in [3.8, 4) is 5.88 Å². The molecule has 4 aliphatic rings. The van der Waals surface area contributed by atoms with Crippen LogP contribution in [0.1, 0.15) is 67.7 Å². The van der Waals surface area contributed by atoms with E-state index in [-0.39, 0.29) is 106 Å². The Morgan fingerprint density at radius 1 is 0.830 bits per heavy atom. The molecule has 2 aromatic carbocycles. The molecule has 1 aliphatic carbocycles. The number of aliphatic hydroxyl groups is 1. The number of amides is 7. The second-order valence-corrected chi connectivity index (χ2v) is 27.5. The summed E-state index contributed by atoms with van der Waals surface area (Å²) in [6.07, 6.45) is -0.747. The quantitative estimate of drug-likeness (QED) is 0.0137. The highest BCUT2D eigenvalue weighted by molar-refractivity contribution is 8.44. The highest BCUT2D eigenvalue weighted by atomic mass is 32.7. The molecule has 2 saturated heterocycles. The van der Waals surface area contributed by atoms with Crippen LogP contribution >= 0.6 is 27.3 Å².